The molecule has 0 fully saturated rings. The van der Waals surface area contributed by atoms with Gasteiger partial charge in [-0.3, -0.25) is 0 Å². The fraction of sp³-hybridized carbons (Fsp3) is 0.818. The molecule has 0 bridgehead atoms. The maximum atomic E-state index is 3.89. The molecule has 0 spiro atoms. The fourth-order valence-electron chi connectivity index (χ4n) is 4.17. The average molecular weight is 483 g/mol. The van der Waals surface area contributed by atoms with Crippen LogP contribution in [-0.4, -0.2) is 34.1 Å². The Labute approximate surface area is 200 Å². The average Bonchev–Trinajstić information content (AvgIpc) is 2.77. The third kappa shape index (κ3) is 7.17. The van der Waals surface area contributed by atoms with Crippen molar-refractivity contribution in [2.45, 2.75) is 91.1 Å². The molecule has 2 aliphatic rings. The summed E-state index contributed by atoms with van der Waals surface area (Å²) in [5, 5.41) is 0. The number of rotatable bonds is 3. The van der Waals surface area contributed by atoms with Crippen molar-refractivity contribution < 1.29 is 44.2 Å². The van der Waals surface area contributed by atoms with E-state index in [-0.39, 0.29) is 49.8 Å². The van der Waals surface area contributed by atoms with Crippen LogP contribution in [0, 0.1) is 10.8 Å². The van der Waals surface area contributed by atoms with E-state index in [0.29, 0.717) is 24.6 Å². The molecule has 0 aliphatic heterocycles. The van der Waals surface area contributed by atoms with Gasteiger partial charge in [-0.2, -0.15) is 0 Å². The van der Waals surface area contributed by atoms with Gasteiger partial charge in [0.1, 0.15) is 0 Å². The van der Waals surface area contributed by atoms with Crippen molar-refractivity contribution in [2.24, 2.45) is 10.8 Å². The molecule has 1 unspecified atom stereocenters. The number of hydrogen-bond donors (Lipinski definition) is 1. The molecule has 0 saturated heterocycles. The fourth-order valence-corrected chi connectivity index (χ4v) is 6.68. The molecule has 0 aromatic carbocycles. The molecule has 0 saturated carbocycles. The Morgan fingerprint density at radius 1 is 1.00 bits per heavy atom. The van der Waals surface area contributed by atoms with E-state index in [0.717, 1.165) is 0 Å². The van der Waals surface area contributed by atoms with Gasteiger partial charge in [-0.15, -0.1) is 0 Å². The first kappa shape index (κ1) is 30.9. The summed E-state index contributed by atoms with van der Waals surface area (Å²) in [7, 11) is 4.86. The van der Waals surface area contributed by atoms with Crippen LogP contribution in [0.1, 0.15) is 68.2 Å². The van der Waals surface area contributed by atoms with E-state index >= 15 is 0 Å². The Bertz CT molecular complexity index is 576. The predicted octanol–water partition coefficient (Wildman–Crippen LogP) is -0.588. The van der Waals surface area contributed by atoms with Gasteiger partial charge in [0.2, 0.25) is 0 Å². The quantitative estimate of drug-likeness (QED) is 0.541. The summed E-state index contributed by atoms with van der Waals surface area (Å²) in [5.41, 5.74) is 7.41. The molecule has 164 valence electrons. The largest absolute Gasteiger partial charge is 1.00 e. The number of nitrogens with zero attached hydrogens (tertiary/aromatic N) is 1. The van der Waals surface area contributed by atoms with Crippen molar-refractivity contribution in [2.75, 3.05) is 14.1 Å². The summed E-state index contributed by atoms with van der Waals surface area (Å²) in [5.74, 6) is 0. The third-order valence-corrected chi connectivity index (χ3v) is 8.40. The van der Waals surface area contributed by atoms with Crippen LogP contribution in [-0.2, 0) is 19.4 Å². The van der Waals surface area contributed by atoms with E-state index in [1.165, 1.54) is 18.5 Å². The Hall–Kier alpha value is 0.751. The van der Waals surface area contributed by atoms with Gasteiger partial charge in [-0.25, -0.2) is 0 Å². The van der Waals surface area contributed by atoms with Crippen LogP contribution in [0.15, 0.2) is 22.4 Å². The molecule has 2 aliphatic carbocycles. The zero-order valence-corrected chi connectivity index (χ0v) is 24.9. The number of nitrogens with one attached hydrogen (secondary N) is 1. The first-order chi connectivity index (χ1) is 11.7. The molecule has 1 atom stereocenters. The molecule has 0 radical (unpaired) electrons. The number of hydrogen-bond acceptors (Lipinski definition) is 2. The van der Waals surface area contributed by atoms with Crippen LogP contribution in [0.4, 0.5) is 0 Å². The van der Waals surface area contributed by atoms with E-state index in [4.69, 9.17) is 0 Å². The molecule has 0 amide bonds. The molecule has 28 heavy (non-hydrogen) atoms. The van der Waals surface area contributed by atoms with Gasteiger partial charge in [-0.05, 0) is 0 Å². The van der Waals surface area contributed by atoms with Gasteiger partial charge >= 0.3 is 153 Å². The van der Waals surface area contributed by atoms with Crippen LogP contribution >= 0.6 is 0 Å². The first-order valence-corrected chi connectivity index (χ1v) is 14.9. The molecule has 2 rings (SSSR count). The standard InChI is InChI=1S/C16H26N.C4H10N.C2H8Si.2ClH.Ti/c1-11-10-12-13(14(11)17(6)7)16(4,5)9-8-15(12,2)3;1-4(2,3)5;1-3-2;;;/h10H,8-9H2,1-7H3;5H,1-3H3;3H2,1-2H3;2*1H;/q;-1;;;;+3/p-2. The third-order valence-electron chi connectivity index (χ3n) is 5.42. The molecule has 0 aromatic heterocycles. The van der Waals surface area contributed by atoms with Crippen LogP contribution in [0.2, 0.25) is 17.3 Å². The van der Waals surface area contributed by atoms with E-state index in [1.54, 1.807) is 16.7 Å². The molecule has 0 aromatic rings. The van der Waals surface area contributed by atoms with E-state index < -0.39 is 0 Å². The van der Waals surface area contributed by atoms with Gasteiger partial charge in [0.15, 0.2) is 0 Å². The van der Waals surface area contributed by atoms with Gasteiger partial charge < -0.3 is 24.8 Å². The van der Waals surface area contributed by atoms with Gasteiger partial charge in [-0.1, -0.05) is 13.1 Å². The minimum atomic E-state index is -0.258. The Kier molecular flexibility index (Phi) is 12.6. The summed E-state index contributed by atoms with van der Waals surface area (Å²) in [6.45, 7) is 23.6. The summed E-state index contributed by atoms with van der Waals surface area (Å²) >= 11 is -0.258. The van der Waals surface area contributed by atoms with Gasteiger partial charge in [0, 0.05) is 9.52 Å². The van der Waals surface area contributed by atoms with Crippen molar-refractivity contribution in [3.63, 3.8) is 0 Å². The monoisotopic (exact) mass is 482 g/mol. The second-order valence-electron chi connectivity index (χ2n) is 10.6. The predicted molar refractivity (Wildman–Crippen MR) is 117 cm³/mol. The minimum absolute atomic E-state index is 0. The van der Waals surface area contributed by atoms with Crippen LogP contribution in [0.5, 0.6) is 0 Å². The normalized spacial score (nSPS) is 22.2. The van der Waals surface area contributed by atoms with E-state index in [1.807, 2.05) is 0 Å². The second kappa shape index (κ2) is 11.4. The zero-order chi connectivity index (χ0) is 20.5. The summed E-state index contributed by atoms with van der Waals surface area (Å²) < 4.78 is 4.55. The SMILES string of the molecule is CC1=C(N(C)C)C2=C([CH]1[Ti+2][NH]C(C)(C)C)C(C)(C)CCC2(C)C.C[SiH2]C.[Cl-].[Cl-]. The maximum absolute atomic E-state index is 3.89. The first-order valence-electron chi connectivity index (χ1n) is 10.4. The van der Waals surface area contributed by atoms with Crippen molar-refractivity contribution in [3.8, 4) is 0 Å². The topological polar surface area (TPSA) is 15.3 Å². The molecule has 2 nitrogen and oxygen atoms in total. The van der Waals surface area contributed by atoms with Gasteiger partial charge in [0.05, 0.1) is 0 Å². The molecule has 0 heterocycles. The van der Waals surface area contributed by atoms with E-state index in [2.05, 4.69) is 91.3 Å². The second-order valence-corrected chi connectivity index (χ2v) is 13.8. The van der Waals surface area contributed by atoms with Gasteiger partial charge in [0.25, 0.3) is 0 Å². The smallest absolute Gasteiger partial charge is 0.0135 e. The minimum Gasteiger partial charge on any atom is -1.00 e. The van der Waals surface area contributed by atoms with Crippen molar-refractivity contribution in [1.29, 1.82) is 0 Å². The van der Waals surface area contributed by atoms with E-state index in [9.17, 15) is 0 Å². The van der Waals surface area contributed by atoms with Crippen molar-refractivity contribution >= 4 is 9.52 Å². The molecular formula is C22H44Cl2N2SiTi. The van der Waals surface area contributed by atoms with Crippen LogP contribution in [0.3, 0.4) is 0 Å². The number of likely N-dealkylation sites (N-methyl/N-ethyl adjacent to an activating group) is 1. The summed E-state index contributed by atoms with van der Waals surface area (Å²) in [4.78, 5) is 2.37. The molecular weight excluding hydrogens is 439 g/mol. The Morgan fingerprint density at radius 2 is 1.43 bits per heavy atom. The van der Waals surface area contributed by atoms with Crippen molar-refractivity contribution in [3.05, 3.63) is 22.4 Å². The molecule has 1 N–H and O–H groups in total. The number of allylic oxidation sites excluding steroid dienone is 3. The molecule has 6 heteroatoms. The zero-order valence-electron chi connectivity index (χ0n) is 20.4. The van der Waals surface area contributed by atoms with Crippen molar-refractivity contribution in [1.82, 2.24) is 8.70 Å². The van der Waals surface area contributed by atoms with Crippen LogP contribution < -0.4 is 28.6 Å². The Balaban J connectivity index is 0. The Morgan fingerprint density at radius 3 is 1.82 bits per heavy atom. The maximum Gasteiger partial charge on any atom is 0.0135 e. The summed E-state index contributed by atoms with van der Waals surface area (Å²) in [6.07, 6.45) is 2.61. The summed E-state index contributed by atoms with van der Waals surface area (Å²) in [6, 6.07) is 0. The number of halogens is 2. The van der Waals surface area contributed by atoms with Crippen LogP contribution in [0.25, 0.3) is 0 Å².